The van der Waals surface area contributed by atoms with E-state index in [0.29, 0.717) is 30.1 Å². The van der Waals surface area contributed by atoms with E-state index in [9.17, 15) is 27.6 Å². The maximum absolute atomic E-state index is 15.1. The molecule has 0 saturated heterocycles. The van der Waals surface area contributed by atoms with Crippen LogP contribution < -0.4 is 5.30 Å². The molecule has 226 valence electrons. The van der Waals surface area contributed by atoms with Gasteiger partial charge in [0.15, 0.2) is 0 Å². The quantitative estimate of drug-likeness (QED) is 0.260. The lowest BCUT2D eigenvalue weighted by molar-refractivity contribution is -0.362. The number of alkyl halides is 5. The molecule has 0 radical (unpaired) electrons. The number of benzene rings is 1. The standard InChI is InChI=1S/C30H36F5O5P/c1-4-39-41(38,40-5-2)21-10-6-18(7-11-21)24-17-27(3)25(14-15-28(27,37)29(31,32)30(33,34)35)23-12-8-19-16-20(36)9-13-22(19)26(23)24/h6-8,10-11,23-25,37H,4-5,9,12-17H2,1-3H3/t23-,24+,25-,27-,28-/m0/s1. The Hall–Kier alpha value is -1.87. The third kappa shape index (κ3) is 4.59. The Morgan fingerprint density at radius 1 is 1.05 bits per heavy atom. The predicted octanol–water partition coefficient (Wildman–Crippen LogP) is 7.41. The molecule has 0 heterocycles. The second-order valence-corrected chi connectivity index (χ2v) is 13.9. The van der Waals surface area contributed by atoms with E-state index in [0.717, 1.165) is 16.7 Å². The summed E-state index contributed by atoms with van der Waals surface area (Å²) < 4.78 is 95.7. The number of carbonyl (C=O) groups excluding carboxylic acids is 1. The summed E-state index contributed by atoms with van der Waals surface area (Å²) in [5.41, 5.74) is -1.49. The Kier molecular flexibility index (Phi) is 7.75. The van der Waals surface area contributed by atoms with Gasteiger partial charge in [-0.3, -0.25) is 9.36 Å². The van der Waals surface area contributed by atoms with Crippen LogP contribution in [0.15, 0.2) is 47.1 Å². The molecule has 1 aromatic carbocycles. The lowest BCUT2D eigenvalue weighted by Gasteiger charge is -2.55. The molecular formula is C30H36F5O5P. The van der Waals surface area contributed by atoms with Crippen LogP contribution in [0.2, 0.25) is 0 Å². The lowest BCUT2D eigenvalue weighted by Crippen LogP contribution is -2.65. The fraction of sp³-hybridized carbons (Fsp3) is 0.633. The van der Waals surface area contributed by atoms with Gasteiger partial charge in [-0.05, 0) is 86.6 Å². The van der Waals surface area contributed by atoms with E-state index in [4.69, 9.17) is 9.05 Å². The Morgan fingerprint density at radius 2 is 1.68 bits per heavy atom. The molecule has 41 heavy (non-hydrogen) atoms. The fourth-order valence-electron chi connectivity index (χ4n) is 8.06. The molecule has 5 atom stereocenters. The third-order valence-corrected chi connectivity index (χ3v) is 12.1. The van der Waals surface area contributed by atoms with Crippen molar-refractivity contribution in [3.63, 3.8) is 0 Å². The van der Waals surface area contributed by atoms with Crippen LogP contribution in [0.3, 0.4) is 0 Å². The molecule has 4 aliphatic rings. The van der Waals surface area contributed by atoms with E-state index in [1.54, 1.807) is 38.1 Å². The zero-order chi connectivity index (χ0) is 30.0. The van der Waals surface area contributed by atoms with Crippen LogP contribution in [0.25, 0.3) is 0 Å². The summed E-state index contributed by atoms with van der Waals surface area (Å²) in [6, 6.07) is 6.57. The maximum Gasteiger partial charge on any atom is 0.456 e. The molecule has 5 rings (SSSR count). The van der Waals surface area contributed by atoms with Gasteiger partial charge in [0.05, 0.1) is 18.5 Å². The highest BCUT2D eigenvalue weighted by Crippen LogP contribution is 2.70. The number of halogens is 5. The molecule has 11 heteroatoms. The molecular weight excluding hydrogens is 566 g/mol. The molecule has 0 amide bonds. The van der Waals surface area contributed by atoms with E-state index in [1.807, 2.05) is 6.08 Å². The van der Waals surface area contributed by atoms with Crippen molar-refractivity contribution in [2.75, 3.05) is 13.2 Å². The number of ketones is 1. The maximum atomic E-state index is 15.1. The van der Waals surface area contributed by atoms with E-state index in [1.165, 1.54) is 6.92 Å². The lowest BCUT2D eigenvalue weighted by atomic mass is 9.51. The molecule has 1 N–H and O–H groups in total. The topological polar surface area (TPSA) is 72.8 Å². The summed E-state index contributed by atoms with van der Waals surface area (Å²) >= 11 is 0. The molecule has 0 aliphatic heterocycles. The second-order valence-electron chi connectivity index (χ2n) is 11.9. The first-order valence-electron chi connectivity index (χ1n) is 14.2. The summed E-state index contributed by atoms with van der Waals surface area (Å²) in [6.07, 6.45) is -3.18. The van der Waals surface area contributed by atoms with Gasteiger partial charge in [0, 0.05) is 24.2 Å². The molecule has 3 saturated carbocycles. The van der Waals surface area contributed by atoms with Crippen LogP contribution in [0.4, 0.5) is 22.0 Å². The average Bonchev–Trinajstić information content (AvgIpc) is 3.19. The Labute approximate surface area is 236 Å². The summed E-state index contributed by atoms with van der Waals surface area (Å²) in [6.45, 7) is 5.07. The highest BCUT2D eigenvalue weighted by atomic mass is 31.2. The second kappa shape index (κ2) is 10.4. The zero-order valence-corrected chi connectivity index (χ0v) is 24.3. The number of carbonyl (C=O) groups is 1. The number of Topliss-reactive ketones (excluding diaryl/α,β-unsaturated/α-hetero) is 1. The van der Waals surface area contributed by atoms with Gasteiger partial charge in [0.25, 0.3) is 0 Å². The summed E-state index contributed by atoms with van der Waals surface area (Å²) in [7, 11) is -3.61. The molecule has 0 aromatic heterocycles. The Balaban J connectivity index is 1.64. The number of allylic oxidation sites excluding steroid dienone is 4. The van der Waals surface area contributed by atoms with Crippen molar-refractivity contribution < 1.29 is 45.5 Å². The Morgan fingerprint density at radius 3 is 2.27 bits per heavy atom. The van der Waals surface area contributed by atoms with Crippen LogP contribution in [0, 0.1) is 17.3 Å². The number of rotatable bonds is 7. The monoisotopic (exact) mass is 602 g/mol. The SMILES string of the molecule is CCOP(=O)(OCC)c1ccc([C@H]2C[C@@]3(C)[C@@H](CC[C@@]3(O)C(F)(F)C(F)(F)F)[C@@H]3CC=C4CC(=O)CCC4=C32)cc1. The first-order valence-corrected chi connectivity index (χ1v) is 15.8. The van der Waals surface area contributed by atoms with Crippen LogP contribution in [0.1, 0.15) is 77.2 Å². The largest absolute Gasteiger partial charge is 0.456 e. The molecule has 0 bridgehead atoms. The number of hydrogen-bond acceptors (Lipinski definition) is 5. The van der Waals surface area contributed by atoms with Crippen molar-refractivity contribution in [2.24, 2.45) is 17.3 Å². The number of hydrogen-bond donors (Lipinski definition) is 1. The van der Waals surface area contributed by atoms with Crippen molar-refractivity contribution >= 4 is 18.7 Å². The molecule has 0 unspecified atom stereocenters. The van der Waals surface area contributed by atoms with Gasteiger partial charge >= 0.3 is 19.7 Å². The van der Waals surface area contributed by atoms with Gasteiger partial charge in [-0.2, -0.15) is 22.0 Å². The number of fused-ring (bicyclic) bond motifs is 4. The van der Waals surface area contributed by atoms with Gasteiger partial charge in [-0.1, -0.05) is 30.7 Å². The van der Waals surface area contributed by atoms with Crippen molar-refractivity contribution in [1.29, 1.82) is 0 Å². The highest BCUT2D eigenvalue weighted by Gasteiger charge is 2.79. The number of aliphatic hydroxyl groups is 1. The molecule has 3 fully saturated rings. The molecule has 0 spiro atoms. The van der Waals surface area contributed by atoms with Crippen molar-refractivity contribution in [3.05, 3.63) is 52.6 Å². The van der Waals surface area contributed by atoms with Gasteiger partial charge < -0.3 is 14.2 Å². The molecule has 5 nitrogen and oxygen atoms in total. The fourth-order valence-corrected chi connectivity index (χ4v) is 9.63. The smallest absolute Gasteiger partial charge is 0.383 e. The van der Waals surface area contributed by atoms with Crippen LogP contribution in [-0.2, 0) is 18.4 Å². The van der Waals surface area contributed by atoms with Crippen LogP contribution >= 0.6 is 7.60 Å². The van der Waals surface area contributed by atoms with E-state index in [2.05, 4.69) is 0 Å². The predicted molar refractivity (Wildman–Crippen MR) is 143 cm³/mol. The van der Waals surface area contributed by atoms with E-state index in [-0.39, 0.29) is 44.2 Å². The third-order valence-electron chi connectivity index (χ3n) is 9.95. The van der Waals surface area contributed by atoms with Gasteiger partial charge in [-0.25, -0.2) is 0 Å². The van der Waals surface area contributed by atoms with E-state index < -0.39 is 49.0 Å². The first-order chi connectivity index (χ1) is 19.1. The minimum absolute atomic E-state index is 0.0414. The van der Waals surface area contributed by atoms with Gasteiger partial charge in [-0.15, -0.1) is 0 Å². The first kappa shape index (κ1) is 30.6. The summed E-state index contributed by atoms with van der Waals surface area (Å²) in [5.74, 6) is -6.69. The highest BCUT2D eigenvalue weighted by molar-refractivity contribution is 7.62. The van der Waals surface area contributed by atoms with Crippen molar-refractivity contribution in [3.8, 4) is 0 Å². The van der Waals surface area contributed by atoms with Gasteiger partial charge in [0.2, 0.25) is 0 Å². The van der Waals surface area contributed by atoms with E-state index >= 15 is 8.78 Å². The van der Waals surface area contributed by atoms with Crippen LogP contribution in [0.5, 0.6) is 0 Å². The van der Waals surface area contributed by atoms with Gasteiger partial charge in [0.1, 0.15) is 11.4 Å². The minimum Gasteiger partial charge on any atom is -0.383 e. The van der Waals surface area contributed by atoms with Crippen molar-refractivity contribution in [2.45, 2.75) is 89.3 Å². The zero-order valence-electron chi connectivity index (χ0n) is 23.4. The summed E-state index contributed by atoms with van der Waals surface area (Å²) in [4.78, 5) is 12.3. The average molecular weight is 603 g/mol. The molecule has 1 aromatic rings. The minimum atomic E-state index is -5.90. The van der Waals surface area contributed by atoms with Crippen molar-refractivity contribution in [1.82, 2.24) is 0 Å². The summed E-state index contributed by atoms with van der Waals surface area (Å²) in [5, 5.41) is 11.7. The van der Waals surface area contributed by atoms with Crippen LogP contribution in [-0.4, -0.2) is 41.8 Å². The normalized spacial score (nSPS) is 32.4. The Bertz CT molecular complexity index is 1310. The molecule has 4 aliphatic carbocycles.